The molecule has 0 atom stereocenters. The van der Waals surface area contributed by atoms with Crippen LogP contribution in [0.15, 0.2) is 48.6 Å². The van der Waals surface area contributed by atoms with E-state index in [1.807, 2.05) is 13.0 Å². The van der Waals surface area contributed by atoms with Gasteiger partial charge in [0.25, 0.3) is 5.91 Å². The Kier molecular flexibility index (Phi) is 8.24. The summed E-state index contributed by atoms with van der Waals surface area (Å²) in [6.07, 6.45) is 3.39. The number of amides is 1. The smallest absolute Gasteiger partial charge is 0.341 e. The summed E-state index contributed by atoms with van der Waals surface area (Å²) in [7, 11) is 1.41. The molecule has 8 heteroatoms. The van der Waals surface area contributed by atoms with Gasteiger partial charge in [0.2, 0.25) is 0 Å². The van der Waals surface area contributed by atoms with Gasteiger partial charge in [-0.25, -0.2) is 4.79 Å². The third-order valence-corrected chi connectivity index (χ3v) is 4.59. The van der Waals surface area contributed by atoms with Crippen LogP contribution in [0.5, 0.6) is 11.5 Å². The van der Waals surface area contributed by atoms with Crippen molar-refractivity contribution in [1.29, 1.82) is 5.26 Å². The first-order valence-electron chi connectivity index (χ1n) is 9.14. The minimum absolute atomic E-state index is 0.137. The number of benzene rings is 2. The predicted molar refractivity (Wildman–Crippen MR) is 118 cm³/mol. The second-order valence-electron chi connectivity index (χ2n) is 6.47. The number of allylic oxidation sites excluding steroid dienone is 1. The van der Waals surface area contributed by atoms with Gasteiger partial charge in [-0.05, 0) is 54.8 Å². The van der Waals surface area contributed by atoms with Crippen molar-refractivity contribution < 1.29 is 24.2 Å². The number of halogens is 1. The molecule has 0 aromatic heterocycles. The highest BCUT2D eigenvalue weighted by atomic mass is 35.5. The lowest BCUT2D eigenvalue weighted by Gasteiger charge is -2.15. The molecule has 0 aliphatic carbocycles. The molecule has 0 aliphatic rings. The molecule has 7 nitrogen and oxygen atoms in total. The first-order valence-corrected chi connectivity index (χ1v) is 9.52. The van der Waals surface area contributed by atoms with E-state index in [9.17, 15) is 14.9 Å². The molecule has 0 unspecified atom stereocenters. The molecule has 0 saturated carbocycles. The Morgan fingerprint density at radius 2 is 2.06 bits per heavy atom. The Balaban J connectivity index is 2.39. The quantitative estimate of drug-likeness (QED) is 0.340. The van der Waals surface area contributed by atoms with Crippen molar-refractivity contribution in [3.63, 3.8) is 0 Å². The van der Waals surface area contributed by atoms with E-state index in [1.165, 1.54) is 13.2 Å². The maximum Gasteiger partial charge on any atom is 0.341 e. The lowest BCUT2D eigenvalue weighted by atomic mass is 10.0. The summed E-state index contributed by atoms with van der Waals surface area (Å²) in [5.74, 6) is -1.19. The van der Waals surface area contributed by atoms with Gasteiger partial charge in [-0.1, -0.05) is 23.7 Å². The average molecular weight is 441 g/mol. The molecule has 0 saturated heterocycles. The van der Waals surface area contributed by atoms with E-state index < -0.39 is 18.5 Å². The second-order valence-corrected chi connectivity index (χ2v) is 6.88. The van der Waals surface area contributed by atoms with Gasteiger partial charge in [-0.2, -0.15) is 5.26 Å². The maximum absolute atomic E-state index is 12.6. The molecule has 2 aromatic rings. The third-order valence-electron chi connectivity index (χ3n) is 4.18. The molecular formula is C23H21ClN2O5. The summed E-state index contributed by atoms with van der Waals surface area (Å²) in [4.78, 5) is 23.4. The summed E-state index contributed by atoms with van der Waals surface area (Å²) in [5.41, 5.74) is 2.30. The fourth-order valence-corrected chi connectivity index (χ4v) is 2.89. The number of anilines is 1. The number of hydrogen-bond donors (Lipinski definition) is 2. The number of carboxylic acids is 1. The molecule has 0 bridgehead atoms. The van der Waals surface area contributed by atoms with Gasteiger partial charge in [0.1, 0.15) is 11.6 Å². The zero-order valence-electron chi connectivity index (χ0n) is 17.1. The van der Waals surface area contributed by atoms with Crippen molar-refractivity contribution >= 4 is 35.2 Å². The highest BCUT2D eigenvalue weighted by molar-refractivity contribution is 6.31. The summed E-state index contributed by atoms with van der Waals surface area (Å²) < 4.78 is 10.7. The van der Waals surface area contributed by atoms with E-state index in [1.54, 1.807) is 36.4 Å². The average Bonchev–Trinajstić information content (AvgIpc) is 2.73. The molecule has 0 heterocycles. The highest BCUT2D eigenvalue weighted by Gasteiger charge is 2.16. The standard InChI is InChI=1S/C23H21ClN2O5/c1-4-5-16-8-15(10-20(30-3)22(16)31-13-21(27)28)9-17(12-25)23(29)26-18-7-6-14(2)19(24)11-18/h4,6-11H,1,5,13H2,2-3H3,(H,26,29)(H,27,28)/b17-9-. The number of aryl methyl sites for hydroxylation is 1. The zero-order chi connectivity index (χ0) is 23.0. The van der Waals surface area contributed by atoms with Gasteiger partial charge in [0, 0.05) is 16.3 Å². The molecule has 160 valence electrons. The Bertz CT molecular complexity index is 1090. The lowest BCUT2D eigenvalue weighted by Crippen LogP contribution is -2.13. The normalized spacial score (nSPS) is 10.7. The lowest BCUT2D eigenvalue weighted by molar-refractivity contribution is -0.139. The van der Waals surface area contributed by atoms with Crippen LogP contribution in [0.4, 0.5) is 5.69 Å². The topological polar surface area (TPSA) is 109 Å². The van der Waals surface area contributed by atoms with E-state index in [0.717, 1.165) is 5.56 Å². The van der Waals surface area contributed by atoms with Crippen LogP contribution < -0.4 is 14.8 Å². The Morgan fingerprint density at radius 1 is 1.32 bits per heavy atom. The van der Waals surface area contributed by atoms with Crippen LogP contribution in [-0.2, 0) is 16.0 Å². The van der Waals surface area contributed by atoms with Crippen LogP contribution in [0.1, 0.15) is 16.7 Å². The molecule has 0 fully saturated rings. The Hall–Kier alpha value is -3.76. The van der Waals surface area contributed by atoms with Crippen molar-refractivity contribution in [2.75, 3.05) is 19.0 Å². The monoisotopic (exact) mass is 440 g/mol. The van der Waals surface area contributed by atoms with E-state index in [4.69, 9.17) is 26.2 Å². The van der Waals surface area contributed by atoms with E-state index in [-0.39, 0.29) is 17.1 Å². The number of nitrogens with zero attached hydrogens (tertiary/aromatic N) is 1. The predicted octanol–water partition coefficient (Wildman–Crippen LogP) is 4.39. The number of carboxylic acid groups (broad SMARTS) is 1. The maximum atomic E-state index is 12.6. The Labute approximate surface area is 185 Å². The molecule has 2 rings (SSSR count). The summed E-state index contributed by atoms with van der Waals surface area (Å²) >= 11 is 6.08. The number of ether oxygens (including phenoxy) is 2. The van der Waals surface area contributed by atoms with Crippen LogP contribution in [0.3, 0.4) is 0 Å². The van der Waals surface area contributed by atoms with E-state index in [0.29, 0.717) is 28.3 Å². The summed E-state index contributed by atoms with van der Waals surface area (Å²) in [6.45, 7) is 4.99. The zero-order valence-corrected chi connectivity index (χ0v) is 17.8. The van der Waals surface area contributed by atoms with E-state index >= 15 is 0 Å². The van der Waals surface area contributed by atoms with Crippen molar-refractivity contribution in [1.82, 2.24) is 0 Å². The first kappa shape index (κ1) is 23.5. The van der Waals surface area contributed by atoms with Crippen LogP contribution in [0.2, 0.25) is 5.02 Å². The number of nitrogens with one attached hydrogen (secondary N) is 1. The molecule has 2 aromatic carbocycles. The van der Waals surface area contributed by atoms with Crippen LogP contribution in [0, 0.1) is 18.3 Å². The van der Waals surface area contributed by atoms with Gasteiger partial charge in [-0.15, -0.1) is 6.58 Å². The molecule has 1 amide bonds. The SMILES string of the molecule is C=CCc1cc(/C=C(/C#N)C(=O)Nc2ccc(C)c(Cl)c2)cc(OC)c1OCC(=O)O. The molecule has 0 radical (unpaired) electrons. The van der Waals surface area contributed by atoms with Crippen molar-refractivity contribution in [3.8, 4) is 17.6 Å². The molecular weight excluding hydrogens is 420 g/mol. The van der Waals surface area contributed by atoms with Crippen LogP contribution in [0.25, 0.3) is 6.08 Å². The number of methoxy groups -OCH3 is 1. The second kappa shape index (κ2) is 10.9. The van der Waals surface area contributed by atoms with Gasteiger partial charge in [0.15, 0.2) is 18.1 Å². The minimum atomic E-state index is -1.13. The number of aliphatic carboxylic acids is 1. The number of hydrogen-bond acceptors (Lipinski definition) is 5. The number of nitriles is 1. The molecule has 2 N–H and O–H groups in total. The van der Waals surface area contributed by atoms with Crippen LogP contribution in [-0.4, -0.2) is 30.7 Å². The van der Waals surface area contributed by atoms with Gasteiger partial charge in [0.05, 0.1) is 7.11 Å². The third kappa shape index (κ3) is 6.36. The first-order chi connectivity index (χ1) is 14.8. The number of carbonyl (C=O) groups is 2. The Morgan fingerprint density at radius 3 is 2.65 bits per heavy atom. The minimum Gasteiger partial charge on any atom is -0.493 e. The fourth-order valence-electron chi connectivity index (χ4n) is 2.71. The van der Waals surface area contributed by atoms with Gasteiger partial charge in [-0.3, -0.25) is 4.79 Å². The number of carbonyl (C=O) groups excluding carboxylic acids is 1. The van der Waals surface area contributed by atoms with Crippen molar-refractivity contribution in [3.05, 3.63) is 70.3 Å². The summed E-state index contributed by atoms with van der Waals surface area (Å²) in [5, 5.41) is 21.5. The molecule has 0 spiro atoms. The van der Waals surface area contributed by atoms with Crippen molar-refractivity contribution in [2.24, 2.45) is 0 Å². The van der Waals surface area contributed by atoms with Crippen LogP contribution >= 0.6 is 11.6 Å². The summed E-state index contributed by atoms with van der Waals surface area (Å²) in [6, 6.07) is 10.2. The van der Waals surface area contributed by atoms with Crippen molar-refractivity contribution in [2.45, 2.75) is 13.3 Å². The van der Waals surface area contributed by atoms with E-state index in [2.05, 4.69) is 11.9 Å². The largest absolute Gasteiger partial charge is 0.493 e. The van der Waals surface area contributed by atoms with Gasteiger partial charge >= 0.3 is 5.97 Å². The highest BCUT2D eigenvalue weighted by Crippen LogP contribution is 2.34. The van der Waals surface area contributed by atoms with Gasteiger partial charge < -0.3 is 19.9 Å². The number of rotatable bonds is 9. The molecule has 0 aliphatic heterocycles. The molecule has 31 heavy (non-hydrogen) atoms. The fraction of sp³-hybridized carbons (Fsp3) is 0.174.